The van der Waals surface area contributed by atoms with E-state index in [0.29, 0.717) is 5.56 Å². The van der Waals surface area contributed by atoms with Crippen LogP contribution in [-0.2, 0) is 21.4 Å². The molecule has 1 heterocycles. The van der Waals surface area contributed by atoms with Crippen LogP contribution >= 0.6 is 0 Å². The van der Waals surface area contributed by atoms with Gasteiger partial charge in [-0.15, -0.1) is 0 Å². The van der Waals surface area contributed by atoms with Gasteiger partial charge in [-0.05, 0) is 12.1 Å². The Kier molecular flexibility index (Phi) is 3.81. The molecule has 2 aromatic rings. The van der Waals surface area contributed by atoms with E-state index in [1.807, 2.05) is 6.07 Å². The molecule has 1 aromatic carbocycles. The van der Waals surface area contributed by atoms with Crippen LogP contribution in [0.15, 0.2) is 46.6 Å². The summed E-state index contributed by atoms with van der Waals surface area (Å²) < 4.78 is 29.5. The number of nitrogens with zero attached hydrogens (tertiary/aromatic N) is 4. The number of oxime groups is 1. The summed E-state index contributed by atoms with van der Waals surface area (Å²) in [5, 5.41) is 16.1. The number of rotatable bonds is 4. The molecule has 0 radical (unpaired) electrons. The maximum atomic E-state index is 11.8. The molecule has 2 rings (SSSR count). The van der Waals surface area contributed by atoms with Crippen LogP contribution in [-0.4, -0.2) is 24.4 Å². The molecule has 0 saturated heterocycles. The van der Waals surface area contributed by atoms with Crippen molar-refractivity contribution < 1.29 is 12.7 Å². The van der Waals surface area contributed by atoms with E-state index in [2.05, 4.69) is 14.5 Å². The minimum absolute atomic E-state index is 0.00356. The third-order valence-corrected chi connectivity index (χ3v) is 3.46. The van der Waals surface area contributed by atoms with E-state index in [1.165, 1.54) is 23.0 Å². The van der Waals surface area contributed by atoms with Gasteiger partial charge in [-0.25, -0.2) is 0 Å². The van der Waals surface area contributed by atoms with Crippen molar-refractivity contribution in [1.82, 2.24) is 9.78 Å². The normalized spacial score (nSPS) is 11.4. The van der Waals surface area contributed by atoms with Crippen LogP contribution < -0.4 is 0 Å². The molecule has 8 heteroatoms. The van der Waals surface area contributed by atoms with Crippen molar-refractivity contribution in [3.63, 3.8) is 0 Å². The molecule has 0 unspecified atom stereocenters. The molecule has 102 valence electrons. The van der Waals surface area contributed by atoms with Gasteiger partial charge in [0.2, 0.25) is 0 Å². The van der Waals surface area contributed by atoms with Crippen molar-refractivity contribution in [3.05, 3.63) is 47.8 Å². The third-order valence-electron chi connectivity index (χ3n) is 2.33. The predicted molar refractivity (Wildman–Crippen MR) is 70.2 cm³/mol. The van der Waals surface area contributed by atoms with E-state index in [1.54, 1.807) is 25.2 Å². The Bertz CT molecular complexity index is 773. The molecule has 0 N–H and O–H groups in total. The second-order valence-corrected chi connectivity index (χ2v) is 5.32. The summed E-state index contributed by atoms with van der Waals surface area (Å²) in [7, 11) is -2.31. The summed E-state index contributed by atoms with van der Waals surface area (Å²) in [6.45, 7) is 0. The van der Waals surface area contributed by atoms with E-state index in [4.69, 9.17) is 5.26 Å². The van der Waals surface area contributed by atoms with Crippen molar-refractivity contribution >= 4 is 16.3 Å². The zero-order chi connectivity index (χ0) is 14.6. The topological polar surface area (TPSA) is 97.3 Å². The van der Waals surface area contributed by atoms with Gasteiger partial charge in [0, 0.05) is 13.2 Å². The van der Waals surface area contributed by atoms with Crippen molar-refractivity contribution in [1.29, 1.82) is 5.26 Å². The number of hydrogen-bond donors (Lipinski definition) is 0. The van der Waals surface area contributed by atoms with Gasteiger partial charge in [-0.3, -0.25) is 8.97 Å². The lowest BCUT2D eigenvalue weighted by Gasteiger charge is -1.99. The lowest BCUT2D eigenvalue weighted by Crippen LogP contribution is -2.02. The maximum Gasteiger partial charge on any atom is 0.358 e. The van der Waals surface area contributed by atoms with Crippen LogP contribution in [0, 0.1) is 11.3 Å². The smallest absolute Gasteiger partial charge is 0.274 e. The molecule has 0 spiro atoms. The number of aromatic nitrogens is 2. The number of hydrogen-bond acceptors (Lipinski definition) is 6. The fraction of sp³-hybridized carbons (Fsp3) is 0.0833. The Morgan fingerprint density at radius 3 is 2.75 bits per heavy atom. The van der Waals surface area contributed by atoms with Crippen LogP contribution in [0.5, 0.6) is 0 Å². The zero-order valence-corrected chi connectivity index (χ0v) is 11.3. The predicted octanol–water partition coefficient (Wildman–Crippen LogP) is 1.03. The van der Waals surface area contributed by atoms with Gasteiger partial charge >= 0.3 is 10.1 Å². The lowest BCUT2D eigenvalue weighted by atomic mass is 10.3. The van der Waals surface area contributed by atoms with Crippen molar-refractivity contribution in [2.45, 2.75) is 4.90 Å². The molecule has 7 nitrogen and oxygen atoms in total. The molecule has 0 aliphatic rings. The Labute approximate surface area is 115 Å². The Morgan fingerprint density at radius 1 is 1.40 bits per heavy atom. The van der Waals surface area contributed by atoms with Gasteiger partial charge in [-0.1, -0.05) is 23.4 Å². The molecular formula is C12H10N4O3S. The summed E-state index contributed by atoms with van der Waals surface area (Å²) in [5.74, 6) is 0. The van der Waals surface area contributed by atoms with Gasteiger partial charge in [-0.2, -0.15) is 18.8 Å². The molecule has 1 aromatic heterocycles. The summed E-state index contributed by atoms with van der Waals surface area (Å²) >= 11 is 0. The zero-order valence-electron chi connectivity index (χ0n) is 10.5. The molecule has 0 amide bonds. The molecular weight excluding hydrogens is 280 g/mol. The van der Waals surface area contributed by atoms with Crippen LogP contribution in [0.2, 0.25) is 0 Å². The first-order valence-corrected chi connectivity index (χ1v) is 6.89. The van der Waals surface area contributed by atoms with Crippen LogP contribution in [0.3, 0.4) is 0 Å². The highest BCUT2D eigenvalue weighted by Gasteiger charge is 2.14. The Morgan fingerprint density at radius 2 is 2.10 bits per heavy atom. The average molecular weight is 290 g/mol. The first kappa shape index (κ1) is 13.8. The van der Waals surface area contributed by atoms with Gasteiger partial charge in [0.15, 0.2) is 5.69 Å². The SMILES string of the molecule is Cn1cc(C=NOS(=O)(=O)c2ccccc2)c(C#N)n1. The number of aryl methyl sites for hydroxylation is 1. The molecule has 0 saturated carbocycles. The summed E-state index contributed by atoms with van der Waals surface area (Å²) in [6, 6.07) is 9.51. The molecule has 0 atom stereocenters. The fourth-order valence-corrected chi connectivity index (χ4v) is 2.19. The molecule has 0 bridgehead atoms. The number of nitriles is 1. The maximum absolute atomic E-state index is 11.8. The average Bonchev–Trinajstić information content (AvgIpc) is 2.80. The highest BCUT2D eigenvalue weighted by atomic mass is 32.2. The van der Waals surface area contributed by atoms with Crippen molar-refractivity contribution in [2.24, 2.45) is 12.2 Å². The minimum atomic E-state index is -3.95. The monoisotopic (exact) mass is 290 g/mol. The largest absolute Gasteiger partial charge is 0.358 e. The molecule has 20 heavy (non-hydrogen) atoms. The van der Waals surface area contributed by atoms with Crippen molar-refractivity contribution in [3.8, 4) is 6.07 Å². The Hall–Kier alpha value is -2.66. The first-order chi connectivity index (χ1) is 9.53. The van der Waals surface area contributed by atoms with Crippen LogP contribution in [0.25, 0.3) is 0 Å². The third kappa shape index (κ3) is 3.02. The summed E-state index contributed by atoms with van der Waals surface area (Å²) in [6.07, 6.45) is 2.66. The second kappa shape index (κ2) is 5.54. The molecule has 0 fully saturated rings. The van der Waals surface area contributed by atoms with Crippen LogP contribution in [0.1, 0.15) is 11.3 Å². The van der Waals surface area contributed by atoms with Crippen LogP contribution in [0.4, 0.5) is 0 Å². The summed E-state index contributed by atoms with van der Waals surface area (Å²) in [4.78, 5) is 0.00356. The highest BCUT2D eigenvalue weighted by molar-refractivity contribution is 7.86. The quantitative estimate of drug-likeness (QED) is 0.618. The Balaban J connectivity index is 2.16. The van der Waals surface area contributed by atoms with Crippen molar-refractivity contribution in [2.75, 3.05) is 0 Å². The van der Waals surface area contributed by atoms with E-state index < -0.39 is 10.1 Å². The second-order valence-electron chi connectivity index (χ2n) is 3.79. The highest BCUT2D eigenvalue weighted by Crippen LogP contribution is 2.11. The standard InChI is InChI=1S/C12H10N4O3S/c1-16-9-10(12(7-13)15-16)8-14-19-20(17,18)11-5-3-2-4-6-11/h2-6,8-9H,1H3. The van der Waals surface area contributed by atoms with E-state index in [9.17, 15) is 8.42 Å². The van der Waals surface area contributed by atoms with E-state index in [0.717, 1.165) is 6.21 Å². The van der Waals surface area contributed by atoms with E-state index in [-0.39, 0.29) is 10.6 Å². The number of benzene rings is 1. The van der Waals surface area contributed by atoms with Gasteiger partial charge < -0.3 is 0 Å². The lowest BCUT2D eigenvalue weighted by molar-refractivity contribution is 0.341. The van der Waals surface area contributed by atoms with Gasteiger partial charge in [0.05, 0.1) is 11.8 Å². The minimum Gasteiger partial charge on any atom is -0.274 e. The van der Waals surface area contributed by atoms with Gasteiger partial charge in [0.1, 0.15) is 11.0 Å². The summed E-state index contributed by atoms with van der Waals surface area (Å²) in [5.41, 5.74) is 0.509. The first-order valence-electron chi connectivity index (χ1n) is 5.49. The molecule has 0 aliphatic heterocycles. The molecule has 0 aliphatic carbocycles. The van der Waals surface area contributed by atoms with E-state index >= 15 is 0 Å². The van der Waals surface area contributed by atoms with Gasteiger partial charge in [0.25, 0.3) is 0 Å². The fourth-order valence-electron chi connectivity index (χ4n) is 1.45.